The Labute approximate surface area is 40.0 Å². The Kier molecular flexibility index (Phi) is 0.979. The lowest BCUT2D eigenvalue weighted by atomic mass is 10.5. The van der Waals surface area contributed by atoms with Crippen LogP contribution in [0.25, 0.3) is 0 Å². The van der Waals surface area contributed by atoms with Crippen LogP contribution in [0.1, 0.15) is 0 Å². The van der Waals surface area contributed by atoms with Crippen LogP contribution >= 0.6 is 11.6 Å². The van der Waals surface area contributed by atoms with E-state index >= 15 is 0 Å². The zero-order chi connectivity index (χ0) is 4.57. The number of halogens is 2. The van der Waals surface area contributed by atoms with Crippen molar-refractivity contribution in [1.29, 1.82) is 0 Å². The topological polar surface area (TPSA) is 12.5 Å². The molecule has 1 aliphatic rings. The van der Waals surface area contributed by atoms with Gasteiger partial charge in [-0.2, -0.15) is 0 Å². The monoisotopic (exact) mass is 110 g/mol. The van der Waals surface area contributed by atoms with E-state index in [1.54, 1.807) is 0 Å². The van der Waals surface area contributed by atoms with E-state index in [0.717, 1.165) is 0 Å². The maximum atomic E-state index is 11.5. The molecule has 1 saturated heterocycles. The van der Waals surface area contributed by atoms with Crippen LogP contribution < -0.4 is 0 Å². The van der Waals surface area contributed by atoms with Crippen LogP contribution in [0.5, 0.6) is 0 Å². The minimum Gasteiger partial charge on any atom is -0.369 e. The number of hydrogen-bond acceptors (Lipinski definition) is 1. The van der Waals surface area contributed by atoms with Gasteiger partial charge < -0.3 is 4.74 Å². The van der Waals surface area contributed by atoms with E-state index in [-0.39, 0.29) is 6.10 Å². The van der Waals surface area contributed by atoms with Gasteiger partial charge in [0.2, 0.25) is 5.63 Å². The first-order chi connectivity index (χ1) is 2.80. The molecule has 2 atom stereocenters. The third-order valence-corrected chi connectivity index (χ3v) is 0.921. The Morgan fingerprint density at radius 2 is 2.50 bits per heavy atom. The highest BCUT2D eigenvalue weighted by atomic mass is 35.5. The molecule has 6 heavy (non-hydrogen) atoms. The van der Waals surface area contributed by atoms with E-state index in [4.69, 9.17) is 11.6 Å². The molecule has 0 N–H and O–H groups in total. The van der Waals surface area contributed by atoms with Gasteiger partial charge in [-0.15, -0.1) is 0 Å². The molecule has 36 valence electrons. The van der Waals surface area contributed by atoms with Gasteiger partial charge in [0, 0.05) is 0 Å². The summed E-state index contributed by atoms with van der Waals surface area (Å²) in [6, 6.07) is 0. The fraction of sp³-hybridized carbons (Fsp3) is 1.00. The minimum atomic E-state index is -1.29. The summed E-state index contributed by atoms with van der Waals surface area (Å²) >= 11 is 4.88. The third-order valence-electron chi connectivity index (χ3n) is 0.640. The average Bonchev–Trinajstić information content (AvgIpc) is 2.06. The van der Waals surface area contributed by atoms with E-state index in [1.165, 1.54) is 0 Å². The Morgan fingerprint density at radius 1 is 2.00 bits per heavy atom. The molecule has 0 aliphatic carbocycles. The van der Waals surface area contributed by atoms with Crippen LogP contribution in [-0.4, -0.2) is 18.3 Å². The lowest BCUT2D eigenvalue weighted by Crippen LogP contribution is -1.96. The summed E-state index contributed by atoms with van der Waals surface area (Å²) in [4.78, 5) is 0. The summed E-state index contributed by atoms with van der Waals surface area (Å²) in [5.74, 6) is 0. The van der Waals surface area contributed by atoms with Crippen LogP contribution in [0.4, 0.5) is 4.39 Å². The largest absolute Gasteiger partial charge is 0.369 e. The molecule has 0 aromatic rings. The van der Waals surface area contributed by atoms with Crippen LogP contribution in [0, 0.1) is 0 Å². The Morgan fingerprint density at radius 3 is 2.50 bits per heavy atom. The van der Waals surface area contributed by atoms with Gasteiger partial charge in [0.25, 0.3) is 0 Å². The summed E-state index contributed by atoms with van der Waals surface area (Å²) in [5.41, 5.74) is -1.29. The number of epoxide rings is 1. The second-order valence-electron chi connectivity index (χ2n) is 1.21. The van der Waals surface area contributed by atoms with Crippen molar-refractivity contribution >= 4 is 11.6 Å². The van der Waals surface area contributed by atoms with Crippen molar-refractivity contribution in [2.75, 3.05) is 6.61 Å². The van der Waals surface area contributed by atoms with E-state index < -0.39 is 5.63 Å². The van der Waals surface area contributed by atoms with Gasteiger partial charge in [0.15, 0.2) is 0 Å². The number of hydrogen-bond donors (Lipinski definition) is 0. The van der Waals surface area contributed by atoms with Crippen molar-refractivity contribution in [3.05, 3.63) is 0 Å². The fourth-order valence-corrected chi connectivity index (χ4v) is 0.347. The molecule has 2 unspecified atom stereocenters. The zero-order valence-electron chi connectivity index (χ0n) is 3.03. The van der Waals surface area contributed by atoms with Crippen molar-refractivity contribution < 1.29 is 9.13 Å². The molecule has 3 heteroatoms. The molecule has 1 rings (SSSR count). The highest BCUT2D eigenvalue weighted by molar-refractivity contribution is 6.20. The van der Waals surface area contributed by atoms with Gasteiger partial charge in [0.05, 0.1) is 6.61 Å². The van der Waals surface area contributed by atoms with E-state index in [9.17, 15) is 4.39 Å². The maximum Gasteiger partial charge on any atom is 0.201 e. The molecule has 0 saturated carbocycles. The smallest absolute Gasteiger partial charge is 0.201 e. The molecular formula is C3H4ClFO. The molecule has 0 bridgehead atoms. The third kappa shape index (κ3) is 0.820. The molecule has 1 nitrogen and oxygen atoms in total. The lowest BCUT2D eigenvalue weighted by molar-refractivity contribution is 0.317. The molecule has 1 fully saturated rings. The summed E-state index contributed by atoms with van der Waals surface area (Å²) in [7, 11) is 0. The van der Waals surface area contributed by atoms with E-state index in [2.05, 4.69) is 4.74 Å². The SMILES string of the molecule is FC(Cl)C1CO1. The predicted octanol–water partition coefficient (Wildman–Crippen LogP) is 0.920. The average molecular weight is 111 g/mol. The van der Waals surface area contributed by atoms with Gasteiger partial charge in [-0.05, 0) is 0 Å². The van der Waals surface area contributed by atoms with Crippen molar-refractivity contribution in [2.24, 2.45) is 0 Å². The molecule has 1 aliphatic heterocycles. The van der Waals surface area contributed by atoms with Gasteiger partial charge in [-0.25, -0.2) is 4.39 Å². The lowest BCUT2D eigenvalue weighted by Gasteiger charge is -1.83. The van der Waals surface area contributed by atoms with Crippen LogP contribution in [-0.2, 0) is 4.74 Å². The Balaban J connectivity index is 2.13. The first-order valence-electron chi connectivity index (χ1n) is 1.70. The second kappa shape index (κ2) is 1.35. The molecule has 0 spiro atoms. The minimum absolute atomic E-state index is 0.299. The molecular weight excluding hydrogens is 106 g/mol. The highest BCUT2D eigenvalue weighted by Gasteiger charge is 2.30. The summed E-state index contributed by atoms with van der Waals surface area (Å²) < 4.78 is 16.0. The molecule has 0 amide bonds. The highest BCUT2D eigenvalue weighted by Crippen LogP contribution is 2.19. The Bertz CT molecular complexity index is 52.8. The first kappa shape index (κ1) is 4.34. The van der Waals surface area contributed by atoms with E-state index in [1.807, 2.05) is 0 Å². The van der Waals surface area contributed by atoms with Crippen LogP contribution in [0.2, 0.25) is 0 Å². The first-order valence-corrected chi connectivity index (χ1v) is 2.14. The number of ether oxygens (including phenoxy) is 1. The van der Waals surface area contributed by atoms with Crippen molar-refractivity contribution in [1.82, 2.24) is 0 Å². The fourth-order valence-electron chi connectivity index (χ4n) is 0.201. The number of rotatable bonds is 1. The summed E-state index contributed by atoms with van der Waals surface area (Å²) in [5, 5.41) is 0. The molecule has 1 heterocycles. The number of alkyl halides is 2. The normalized spacial score (nSPS) is 36.0. The van der Waals surface area contributed by atoms with E-state index in [0.29, 0.717) is 6.61 Å². The van der Waals surface area contributed by atoms with Crippen molar-refractivity contribution in [2.45, 2.75) is 11.7 Å². The van der Waals surface area contributed by atoms with Gasteiger partial charge in [-0.1, -0.05) is 11.6 Å². The van der Waals surface area contributed by atoms with Crippen LogP contribution in [0.3, 0.4) is 0 Å². The van der Waals surface area contributed by atoms with Crippen LogP contribution in [0.15, 0.2) is 0 Å². The second-order valence-corrected chi connectivity index (χ2v) is 1.62. The van der Waals surface area contributed by atoms with Gasteiger partial charge >= 0.3 is 0 Å². The van der Waals surface area contributed by atoms with Gasteiger partial charge in [0.1, 0.15) is 6.10 Å². The predicted molar refractivity (Wildman–Crippen MR) is 20.5 cm³/mol. The zero-order valence-corrected chi connectivity index (χ0v) is 3.78. The standard InChI is InChI=1S/C3H4ClFO/c4-3(5)2-1-6-2/h2-3H,1H2. The van der Waals surface area contributed by atoms with Crippen molar-refractivity contribution in [3.8, 4) is 0 Å². The van der Waals surface area contributed by atoms with Crippen molar-refractivity contribution in [3.63, 3.8) is 0 Å². The van der Waals surface area contributed by atoms with Gasteiger partial charge in [-0.3, -0.25) is 0 Å². The molecule has 0 aromatic heterocycles. The quantitative estimate of drug-likeness (QED) is 0.361. The summed E-state index contributed by atoms with van der Waals surface area (Å²) in [6.45, 7) is 0.491. The summed E-state index contributed by atoms with van der Waals surface area (Å²) in [6.07, 6.45) is -0.299. The molecule has 0 radical (unpaired) electrons. The Hall–Kier alpha value is 0.180. The maximum absolute atomic E-state index is 11.5. The molecule has 0 aromatic carbocycles.